The lowest BCUT2D eigenvalue weighted by atomic mass is 9.92. The Bertz CT molecular complexity index is 1190. The highest BCUT2D eigenvalue weighted by molar-refractivity contribution is 8.18. The second kappa shape index (κ2) is 21.5. The molecular formula is C33H48F5N3O5S. The summed E-state index contributed by atoms with van der Waals surface area (Å²) in [6.45, 7) is 3.46. The summed E-state index contributed by atoms with van der Waals surface area (Å²) < 4.78 is 72.8. The Kier molecular flexibility index (Phi) is 19.0. The van der Waals surface area contributed by atoms with Crippen LogP contribution in [0.5, 0.6) is 0 Å². The molecule has 14 heteroatoms. The van der Waals surface area contributed by atoms with Gasteiger partial charge in [0.1, 0.15) is 13.2 Å². The van der Waals surface area contributed by atoms with Gasteiger partial charge in [-0.15, -0.1) is 11.7 Å². The number of amides is 2. The summed E-state index contributed by atoms with van der Waals surface area (Å²) in [5, 5.41) is 4.90. The molecule has 2 aromatic rings. The van der Waals surface area contributed by atoms with Gasteiger partial charge in [-0.05, 0) is 36.8 Å². The second-order valence-electron chi connectivity index (χ2n) is 10.7. The van der Waals surface area contributed by atoms with Crippen molar-refractivity contribution < 1.29 is 44.3 Å². The van der Waals surface area contributed by atoms with Crippen LogP contribution in [0.1, 0.15) is 83.8 Å². The van der Waals surface area contributed by atoms with E-state index >= 15 is 0 Å². The molecule has 0 aliphatic heterocycles. The summed E-state index contributed by atoms with van der Waals surface area (Å²) in [6.07, 6.45) is 3.23. The molecule has 0 saturated heterocycles. The molecular weight excluding hydrogens is 645 g/mol. The zero-order chi connectivity index (χ0) is 34.0. The molecule has 2 aliphatic rings. The summed E-state index contributed by atoms with van der Waals surface area (Å²) >= 11 is -4.93. The molecule has 0 radical (unpaired) electrons. The number of nitrogens with zero attached hydrogens (tertiary/aromatic N) is 1. The molecule has 47 heavy (non-hydrogen) atoms. The van der Waals surface area contributed by atoms with Crippen LogP contribution in [0, 0.1) is 0 Å². The van der Waals surface area contributed by atoms with E-state index in [9.17, 15) is 34.8 Å². The standard InChI is InChI=1S/C14H17F2NO2.C14H17NO3.C4H10F3NS.CH4/c15-14(16)9-5-4-8-12(14)17-13(18)19-10-11-6-2-1-3-7-11;16-13-9-5-4-8-12(13)15-14(17)18-10-11-6-2-1-3-7-11;1-3-8(4-2)9(5,6)7;/h1-3,6-7,12H,4-5,8-10H2,(H,17,18);1-3,6-7,12H,4-5,8-10H2,(H,15,17);3-4H2,1-2H3;1H4. The van der Waals surface area contributed by atoms with Gasteiger partial charge in [0, 0.05) is 25.9 Å². The van der Waals surface area contributed by atoms with Gasteiger partial charge < -0.3 is 20.1 Å². The van der Waals surface area contributed by atoms with Crippen LogP contribution in [0.3, 0.4) is 0 Å². The van der Waals surface area contributed by atoms with Crippen LogP contribution >= 0.6 is 11.4 Å². The fourth-order valence-electron chi connectivity index (χ4n) is 4.74. The van der Waals surface area contributed by atoms with E-state index in [1.165, 1.54) is 13.8 Å². The van der Waals surface area contributed by atoms with E-state index in [1.807, 2.05) is 60.7 Å². The van der Waals surface area contributed by atoms with E-state index in [-0.39, 0.29) is 52.0 Å². The van der Waals surface area contributed by atoms with Crippen LogP contribution < -0.4 is 10.6 Å². The Balaban J connectivity index is 0.000000371. The van der Waals surface area contributed by atoms with E-state index in [0.717, 1.165) is 30.4 Å². The fourth-order valence-corrected chi connectivity index (χ4v) is 5.32. The predicted octanol–water partition coefficient (Wildman–Crippen LogP) is 9.25. The molecule has 0 heterocycles. The van der Waals surface area contributed by atoms with E-state index in [2.05, 4.69) is 10.6 Å². The summed E-state index contributed by atoms with van der Waals surface area (Å²) in [5.74, 6) is -2.72. The number of alkyl carbamates (subject to hydrolysis) is 2. The lowest BCUT2D eigenvalue weighted by molar-refractivity contribution is -0.122. The molecule has 2 fully saturated rings. The molecule has 2 N–H and O–H groups in total. The number of hydrogen-bond acceptors (Lipinski definition) is 6. The van der Waals surface area contributed by atoms with Gasteiger partial charge in [-0.2, -0.15) is 4.31 Å². The highest BCUT2D eigenvalue weighted by atomic mass is 32.3. The summed E-state index contributed by atoms with van der Waals surface area (Å²) in [6, 6.07) is 17.1. The number of hydrogen-bond donors (Lipinski definition) is 2. The minimum absolute atomic E-state index is 0. The number of benzene rings is 2. The van der Waals surface area contributed by atoms with Crippen molar-refractivity contribution in [1.82, 2.24) is 14.9 Å². The molecule has 266 valence electrons. The zero-order valence-electron chi connectivity index (χ0n) is 26.2. The van der Waals surface area contributed by atoms with Crippen molar-refractivity contribution in [3.8, 4) is 0 Å². The monoisotopic (exact) mass is 693 g/mol. The van der Waals surface area contributed by atoms with Gasteiger partial charge in [0.05, 0.1) is 12.1 Å². The van der Waals surface area contributed by atoms with Crippen LogP contribution in [0.25, 0.3) is 0 Å². The van der Waals surface area contributed by atoms with E-state index in [1.54, 1.807) is 0 Å². The Labute approximate surface area is 277 Å². The van der Waals surface area contributed by atoms with Crippen molar-refractivity contribution in [2.75, 3.05) is 13.1 Å². The molecule has 2 saturated carbocycles. The van der Waals surface area contributed by atoms with Crippen molar-refractivity contribution in [1.29, 1.82) is 0 Å². The van der Waals surface area contributed by atoms with Crippen molar-refractivity contribution in [3.05, 3.63) is 71.8 Å². The summed E-state index contributed by atoms with van der Waals surface area (Å²) in [7, 11) is 0. The molecule has 2 atom stereocenters. The number of Topliss-reactive ketones (excluding diaryl/α,β-unsaturated/α-hetero) is 1. The van der Waals surface area contributed by atoms with E-state index in [4.69, 9.17) is 9.47 Å². The topological polar surface area (TPSA) is 97.0 Å². The first-order valence-corrected chi connectivity index (χ1v) is 16.7. The fraction of sp³-hybridized carbons (Fsp3) is 0.545. The van der Waals surface area contributed by atoms with E-state index < -0.39 is 35.5 Å². The first-order valence-electron chi connectivity index (χ1n) is 15.4. The first kappa shape index (κ1) is 41.6. The van der Waals surface area contributed by atoms with Crippen molar-refractivity contribution in [3.63, 3.8) is 0 Å². The molecule has 0 bridgehead atoms. The molecule has 2 unspecified atom stereocenters. The lowest BCUT2D eigenvalue weighted by Gasteiger charge is -2.31. The Morgan fingerprint density at radius 1 is 0.809 bits per heavy atom. The molecule has 0 aromatic heterocycles. The smallest absolute Gasteiger partial charge is 0.408 e. The minimum atomic E-state index is -4.93. The number of ketones is 1. The highest BCUT2D eigenvalue weighted by Crippen LogP contribution is 2.56. The average Bonchev–Trinajstić information content (AvgIpc) is 3.03. The Morgan fingerprint density at radius 3 is 1.72 bits per heavy atom. The number of alkyl halides is 2. The lowest BCUT2D eigenvalue weighted by Crippen LogP contribution is -2.49. The van der Waals surface area contributed by atoms with Crippen molar-refractivity contribution in [2.24, 2.45) is 0 Å². The van der Waals surface area contributed by atoms with Crippen LogP contribution in [0.15, 0.2) is 60.7 Å². The van der Waals surface area contributed by atoms with Gasteiger partial charge >= 0.3 is 12.2 Å². The SMILES string of the molecule is C.CCN(CC)S(F)(F)F.O=C(NC1CCCCC1(F)F)OCc1ccccc1.O=C(NC1CCCCC1=O)OCc1ccccc1. The number of carbonyl (C=O) groups is 3. The van der Waals surface area contributed by atoms with Gasteiger partial charge in [-0.1, -0.05) is 94.8 Å². The normalized spacial score (nSPS) is 18.9. The molecule has 2 aliphatic carbocycles. The van der Waals surface area contributed by atoms with Crippen molar-refractivity contribution >= 4 is 29.3 Å². The number of ether oxygens (including phenoxy) is 2. The number of carbonyl (C=O) groups excluding carboxylic acids is 3. The van der Waals surface area contributed by atoms with Gasteiger partial charge in [-0.3, -0.25) is 4.79 Å². The summed E-state index contributed by atoms with van der Waals surface area (Å²) in [4.78, 5) is 34.6. The van der Waals surface area contributed by atoms with Crippen LogP contribution in [0.4, 0.5) is 30.0 Å². The van der Waals surface area contributed by atoms with E-state index in [0.29, 0.717) is 30.0 Å². The number of halogens is 5. The van der Waals surface area contributed by atoms with Gasteiger partial charge in [0.2, 0.25) is 0 Å². The molecule has 0 spiro atoms. The minimum Gasteiger partial charge on any atom is -0.445 e. The van der Waals surface area contributed by atoms with Crippen LogP contribution in [-0.2, 0) is 27.5 Å². The van der Waals surface area contributed by atoms with Gasteiger partial charge in [-0.25, -0.2) is 18.4 Å². The van der Waals surface area contributed by atoms with Crippen LogP contribution in [0.2, 0.25) is 0 Å². The second-order valence-corrected chi connectivity index (χ2v) is 12.0. The third-order valence-electron chi connectivity index (χ3n) is 7.33. The van der Waals surface area contributed by atoms with Crippen LogP contribution in [-0.4, -0.2) is 53.4 Å². The third-order valence-corrected chi connectivity index (χ3v) is 8.43. The van der Waals surface area contributed by atoms with Gasteiger partial charge in [0.25, 0.3) is 17.3 Å². The largest absolute Gasteiger partial charge is 0.445 e. The predicted molar refractivity (Wildman–Crippen MR) is 175 cm³/mol. The highest BCUT2D eigenvalue weighted by Gasteiger charge is 2.42. The third kappa shape index (κ3) is 16.3. The maximum absolute atomic E-state index is 13.5. The van der Waals surface area contributed by atoms with Crippen molar-refractivity contribution in [2.45, 2.75) is 104 Å². The zero-order valence-corrected chi connectivity index (χ0v) is 27.0. The first-order chi connectivity index (χ1) is 21.9. The maximum atomic E-state index is 13.5. The Hall–Kier alpha value is -3.39. The molecule has 4 rings (SSSR count). The number of rotatable bonds is 9. The molecule has 8 nitrogen and oxygen atoms in total. The molecule has 2 aromatic carbocycles. The van der Waals surface area contributed by atoms with Gasteiger partial charge in [0.15, 0.2) is 5.78 Å². The summed E-state index contributed by atoms with van der Waals surface area (Å²) in [5.41, 5.74) is 1.76. The quantitative estimate of drug-likeness (QED) is 0.254. The average molecular weight is 694 g/mol. The molecule has 2 amide bonds. The Morgan fingerprint density at radius 2 is 1.30 bits per heavy atom. The maximum Gasteiger partial charge on any atom is 0.408 e. The number of nitrogens with one attached hydrogen (secondary N) is 2.